The smallest absolute Gasteiger partial charge is 0.119 e. The van der Waals surface area contributed by atoms with Gasteiger partial charge in [-0.2, -0.15) is 0 Å². The Hall–Kier alpha value is -1.80. The molecular formula is C18H21NO. The molecule has 0 radical (unpaired) electrons. The number of hydrogen-bond acceptors (Lipinski definition) is 2. The second kappa shape index (κ2) is 6.10. The van der Waals surface area contributed by atoms with Crippen LogP contribution in [0.1, 0.15) is 36.4 Å². The van der Waals surface area contributed by atoms with Crippen LogP contribution in [0.3, 0.4) is 0 Å². The van der Waals surface area contributed by atoms with Gasteiger partial charge < -0.3 is 10.5 Å². The van der Waals surface area contributed by atoms with E-state index < -0.39 is 0 Å². The van der Waals surface area contributed by atoms with Crippen LogP contribution in [-0.2, 0) is 6.61 Å². The fourth-order valence-corrected chi connectivity index (χ4v) is 2.60. The average Bonchev–Trinajstić information content (AvgIpc) is 2.45. The van der Waals surface area contributed by atoms with Crippen molar-refractivity contribution in [2.45, 2.75) is 31.9 Å². The van der Waals surface area contributed by atoms with Gasteiger partial charge in [-0.1, -0.05) is 48.9 Å². The molecule has 0 spiro atoms. The number of benzene rings is 2. The van der Waals surface area contributed by atoms with E-state index in [-0.39, 0.29) is 6.04 Å². The van der Waals surface area contributed by atoms with Crippen molar-refractivity contribution < 1.29 is 4.74 Å². The molecule has 2 nitrogen and oxygen atoms in total. The van der Waals surface area contributed by atoms with Crippen LogP contribution in [0.4, 0.5) is 0 Å². The zero-order valence-electron chi connectivity index (χ0n) is 11.7. The summed E-state index contributed by atoms with van der Waals surface area (Å²) < 4.78 is 5.79. The van der Waals surface area contributed by atoms with Crippen LogP contribution in [0, 0.1) is 5.92 Å². The monoisotopic (exact) mass is 267 g/mol. The van der Waals surface area contributed by atoms with E-state index >= 15 is 0 Å². The predicted octanol–water partition coefficient (Wildman–Crippen LogP) is 4.07. The van der Waals surface area contributed by atoms with Crippen LogP contribution < -0.4 is 10.5 Å². The summed E-state index contributed by atoms with van der Waals surface area (Å²) in [6.45, 7) is 0.606. The Labute approximate surface area is 120 Å². The summed E-state index contributed by atoms with van der Waals surface area (Å²) in [5, 5.41) is 0. The highest BCUT2D eigenvalue weighted by Gasteiger charge is 2.25. The van der Waals surface area contributed by atoms with E-state index in [4.69, 9.17) is 10.5 Å². The molecular weight excluding hydrogens is 246 g/mol. The van der Waals surface area contributed by atoms with Gasteiger partial charge in [-0.25, -0.2) is 0 Å². The molecule has 1 atom stereocenters. The topological polar surface area (TPSA) is 35.2 Å². The largest absolute Gasteiger partial charge is 0.489 e. The summed E-state index contributed by atoms with van der Waals surface area (Å²) in [5.41, 5.74) is 8.68. The van der Waals surface area contributed by atoms with Gasteiger partial charge in [-0.05, 0) is 42.0 Å². The number of hydrogen-bond donors (Lipinski definition) is 1. The highest BCUT2D eigenvalue weighted by Crippen LogP contribution is 2.36. The minimum Gasteiger partial charge on any atom is -0.489 e. The molecule has 1 fully saturated rings. The van der Waals surface area contributed by atoms with Crippen LogP contribution in [0.25, 0.3) is 0 Å². The lowest BCUT2D eigenvalue weighted by molar-refractivity contribution is 0.264. The van der Waals surface area contributed by atoms with E-state index in [2.05, 4.69) is 24.3 Å². The molecule has 0 bridgehead atoms. The minimum atomic E-state index is 0.187. The van der Waals surface area contributed by atoms with E-state index in [0.29, 0.717) is 12.5 Å². The number of rotatable bonds is 5. The second-order valence-electron chi connectivity index (χ2n) is 5.56. The summed E-state index contributed by atoms with van der Waals surface area (Å²) in [6, 6.07) is 18.6. The lowest BCUT2D eigenvalue weighted by atomic mass is 9.78. The maximum Gasteiger partial charge on any atom is 0.119 e. The fourth-order valence-electron chi connectivity index (χ4n) is 2.60. The highest BCUT2D eigenvalue weighted by atomic mass is 16.5. The summed E-state index contributed by atoms with van der Waals surface area (Å²) in [5.74, 6) is 1.57. The molecule has 0 aliphatic heterocycles. The van der Waals surface area contributed by atoms with E-state index in [0.717, 1.165) is 5.75 Å². The Balaban J connectivity index is 1.58. The molecule has 2 aromatic rings. The first-order chi connectivity index (χ1) is 9.83. The molecule has 0 unspecified atom stereocenters. The zero-order valence-corrected chi connectivity index (χ0v) is 11.7. The molecule has 3 rings (SSSR count). The van der Waals surface area contributed by atoms with Gasteiger partial charge >= 0.3 is 0 Å². The van der Waals surface area contributed by atoms with Crippen molar-refractivity contribution in [2.75, 3.05) is 0 Å². The first kappa shape index (κ1) is 13.2. The maximum atomic E-state index is 6.27. The van der Waals surface area contributed by atoms with Crippen molar-refractivity contribution >= 4 is 0 Å². The molecule has 2 aromatic carbocycles. The third kappa shape index (κ3) is 3.02. The molecule has 1 aliphatic rings. The van der Waals surface area contributed by atoms with Crippen molar-refractivity contribution in [2.24, 2.45) is 11.7 Å². The van der Waals surface area contributed by atoms with Crippen molar-refractivity contribution in [1.82, 2.24) is 0 Å². The van der Waals surface area contributed by atoms with Gasteiger partial charge in [0, 0.05) is 6.04 Å². The molecule has 104 valence electrons. The Morgan fingerprint density at radius 3 is 2.30 bits per heavy atom. The second-order valence-corrected chi connectivity index (χ2v) is 5.56. The molecule has 0 aromatic heterocycles. The van der Waals surface area contributed by atoms with Gasteiger partial charge in [0.25, 0.3) is 0 Å². The fraction of sp³-hybridized carbons (Fsp3) is 0.333. The minimum absolute atomic E-state index is 0.187. The number of nitrogens with two attached hydrogens (primary N) is 1. The summed E-state index contributed by atoms with van der Waals surface area (Å²) in [4.78, 5) is 0. The van der Waals surface area contributed by atoms with Crippen LogP contribution >= 0.6 is 0 Å². The third-order valence-electron chi connectivity index (χ3n) is 4.17. The highest BCUT2D eigenvalue weighted by molar-refractivity contribution is 5.30. The van der Waals surface area contributed by atoms with Crippen LogP contribution in [0.15, 0.2) is 54.6 Å². The quantitative estimate of drug-likeness (QED) is 0.886. The van der Waals surface area contributed by atoms with Crippen LogP contribution in [0.2, 0.25) is 0 Å². The SMILES string of the molecule is N[C@H](c1ccc(OCc2ccccc2)cc1)C1CCC1. The Morgan fingerprint density at radius 1 is 1.00 bits per heavy atom. The summed E-state index contributed by atoms with van der Waals surface area (Å²) in [7, 11) is 0. The lowest BCUT2D eigenvalue weighted by Gasteiger charge is -2.31. The van der Waals surface area contributed by atoms with E-state index in [1.165, 1.54) is 30.4 Å². The Morgan fingerprint density at radius 2 is 1.70 bits per heavy atom. The first-order valence-corrected chi connectivity index (χ1v) is 7.35. The van der Waals surface area contributed by atoms with E-state index in [1.54, 1.807) is 0 Å². The van der Waals surface area contributed by atoms with Gasteiger partial charge in [-0.15, -0.1) is 0 Å². The summed E-state index contributed by atoms with van der Waals surface area (Å²) in [6.07, 6.45) is 3.87. The Bertz CT molecular complexity index is 531. The number of ether oxygens (including phenoxy) is 1. The molecule has 0 amide bonds. The Kier molecular flexibility index (Phi) is 4.03. The standard InChI is InChI=1S/C18H21NO/c19-18(15-7-4-8-15)16-9-11-17(12-10-16)20-13-14-5-2-1-3-6-14/h1-3,5-6,9-12,15,18H,4,7-8,13,19H2/t18-/m0/s1. The molecule has 1 aliphatic carbocycles. The molecule has 0 saturated heterocycles. The van der Waals surface area contributed by atoms with Gasteiger partial charge in [0.1, 0.15) is 12.4 Å². The molecule has 2 heteroatoms. The maximum absolute atomic E-state index is 6.27. The summed E-state index contributed by atoms with van der Waals surface area (Å²) >= 11 is 0. The molecule has 2 N–H and O–H groups in total. The predicted molar refractivity (Wildman–Crippen MR) is 81.5 cm³/mol. The van der Waals surface area contributed by atoms with Crippen molar-refractivity contribution in [3.8, 4) is 5.75 Å². The van der Waals surface area contributed by atoms with Gasteiger partial charge in [0.15, 0.2) is 0 Å². The lowest BCUT2D eigenvalue weighted by Crippen LogP contribution is -2.26. The van der Waals surface area contributed by atoms with Crippen LogP contribution in [0.5, 0.6) is 5.75 Å². The average molecular weight is 267 g/mol. The molecule has 1 saturated carbocycles. The molecule has 0 heterocycles. The van der Waals surface area contributed by atoms with Crippen molar-refractivity contribution in [3.63, 3.8) is 0 Å². The third-order valence-corrected chi connectivity index (χ3v) is 4.17. The first-order valence-electron chi connectivity index (χ1n) is 7.35. The molecule has 20 heavy (non-hydrogen) atoms. The zero-order chi connectivity index (χ0) is 13.8. The van der Waals surface area contributed by atoms with Crippen molar-refractivity contribution in [1.29, 1.82) is 0 Å². The van der Waals surface area contributed by atoms with Crippen molar-refractivity contribution in [3.05, 3.63) is 65.7 Å². The van der Waals surface area contributed by atoms with Crippen LogP contribution in [-0.4, -0.2) is 0 Å². The van der Waals surface area contributed by atoms with Gasteiger partial charge in [0.05, 0.1) is 0 Å². The van der Waals surface area contributed by atoms with E-state index in [1.807, 2.05) is 30.3 Å². The van der Waals surface area contributed by atoms with Gasteiger partial charge in [-0.3, -0.25) is 0 Å². The van der Waals surface area contributed by atoms with E-state index in [9.17, 15) is 0 Å². The normalized spacial score (nSPS) is 16.4. The van der Waals surface area contributed by atoms with Gasteiger partial charge in [0.2, 0.25) is 0 Å².